The number of rotatable bonds is 2. The molecule has 20 heavy (non-hydrogen) atoms. The minimum absolute atomic E-state index is 0.103. The number of hydrogen-bond donors (Lipinski definition) is 2. The number of fused-ring (bicyclic) bond motifs is 1. The van der Waals surface area contributed by atoms with Gasteiger partial charge < -0.3 is 9.80 Å². The number of amides is 1. The van der Waals surface area contributed by atoms with Crippen LogP contribution in [0, 0.1) is 0 Å². The standard InChI is InChI=1S/C12H16N6OS/c1-17-4-2-5-18(7-9(17)19)10-8-3-6-20-11(8)15-12(14-10)16-13/h3,6H,2,4-5,7,13H2,1H3,(H,14,15,16). The average Bonchev–Trinajstić information content (AvgIpc) is 2.86. The number of nitrogens with two attached hydrogens (primary N) is 1. The third-order valence-electron chi connectivity index (χ3n) is 3.41. The summed E-state index contributed by atoms with van der Waals surface area (Å²) < 4.78 is 0. The second kappa shape index (κ2) is 5.22. The van der Waals surface area contributed by atoms with Crippen LogP contribution >= 0.6 is 11.3 Å². The molecule has 0 spiro atoms. The quantitative estimate of drug-likeness (QED) is 0.624. The third-order valence-corrected chi connectivity index (χ3v) is 4.21. The number of likely N-dealkylation sites (N-methyl/N-ethyl adjacent to an activating group) is 1. The second-order valence-corrected chi connectivity index (χ2v) is 5.64. The van der Waals surface area contributed by atoms with Crippen LogP contribution in [0.25, 0.3) is 10.2 Å². The number of carbonyl (C=O) groups excluding carboxylic acids is 1. The van der Waals surface area contributed by atoms with Crippen molar-refractivity contribution in [3.63, 3.8) is 0 Å². The molecule has 7 nitrogen and oxygen atoms in total. The summed E-state index contributed by atoms with van der Waals surface area (Å²) in [5.41, 5.74) is 2.49. The normalized spacial score (nSPS) is 16.6. The van der Waals surface area contributed by atoms with Gasteiger partial charge in [-0.3, -0.25) is 10.2 Å². The van der Waals surface area contributed by atoms with Crippen molar-refractivity contribution in [2.24, 2.45) is 5.84 Å². The van der Waals surface area contributed by atoms with Gasteiger partial charge in [0, 0.05) is 20.1 Å². The van der Waals surface area contributed by atoms with E-state index in [2.05, 4.69) is 15.4 Å². The molecule has 8 heteroatoms. The van der Waals surface area contributed by atoms with Gasteiger partial charge in [-0.15, -0.1) is 11.3 Å². The summed E-state index contributed by atoms with van der Waals surface area (Å²) in [4.78, 5) is 25.4. The van der Waals surface area contributed by atoms with Crippen molar-refractivity contribution in [1.29, 1.82) is 0 Å². The van der Waals surface area contributed by atoms with Gasteiger partial charge in [0.25, 0.3) is 0 Å². The van der Waals surface area contributed by atoms with Gasteiger partial charge in [-0.25, -0.2) is 10.8 Å². The first-order chi connectivity index (χ1) is 9.69. The molecule has 0 aromatic carbocycles. The number of nitrogens with one attached hydrogen (secondary N) is 1. The molecule has 1 amide bonds. The van der Waals surface area contributed by atoms with Gasteiger partial charge >= 0.3 is 0 Å². The highest BCUT2D eigenvalue weighted by molar-refractivity contribution is 7.16. The van der Waals surface area contributed by atoms with E-state index in [0.29, 0.717) is 12.5 Å². The number of hydrogen-bond acceptors (Lipinski definition) is 7. The fourth-order valence-corrected chi connectivity index (χ4v) is 3.07. The zero-order valence-corrected chi connectivity index (χ0v) is 12.0. The summed E-state index contributed by atoms with van der Waals surface area (Å²) >= 11 is 1.53. The summed E-state index contributed by atoms with van der Waals surface area (Å²) in [6.07, 6.45) is 0.920. The van der Waals surface area contributed by atoms with Crippen molar-refractivity contribution in [2.75, 3.05) is 37.0 Å². The van der Waals surface area contributed by atoms with Crippen LogP contribution in [-0.2, 0) is 4.79 Å². The highest BCUT2D eigenvalue weighted by atomic mass is 32.1. The molecule has 2 aromatic rings. The van der Waals surface area contributed by atoms with Crippen LogP contribution in [0.3, 0.4) is 0 Å². The molecule has 3 heterocycles. The van der Waals surface area contributed by atoms with Crippen molar-refractivity contribution in [2.45, 2.75) is 6.42 Å². The maximum atomic E-state index is 12.0. The van der Waals surface area contributed by atoms with Crippen LogP contribution < -0.4 is 16.2 Å². The molecular weight excluding hydrogens is 276 g/mol. The maximum Gasteiger partial charge on any atom is 0.241 e. The number of anilines is 2. The Hall–Kier alpha value is -1.93. The zero-order chi connectivity index (χ0) is 14.1. The smallest absolute Gasteiger partial charge is 0.241 e. The third kappa shape index (κ3) is 2.27. The Balaban J connectivity index is 2.03. The van der Waals surface area contributed by atoms with Gasteiger partial charge in [-0.1, -0.05) is 0 Å². The highest BCUT2D eigenvalue weighted by Gasteiger charge is 2.22. The van der Waals surface area contributed by atoms with Gasteiger partial charge in [0.05, 0.1) is 11.9 Å². The summed E-state index contributed by atoms with van der Waals surface area (Å²) in [6, 6.07) is 1.98. The molecule has 1 aliphatic heterocycles. The second-order valence-electron chi connectivity index (χ2n) is 4.74. The van der Waals surface area contributed by atoms with Gasteiger partial charge in [0.1, 0.15) is 10.6 Å². The van der Waals surface area contributed by atoms with Crippen LogP contribution in [0.15, 0.2) is 11.4 Å². The number of nitrogen functional groups attached to an aromatic ring is 1. The monoisotopic (exact) mass is 292 g/mol. The molecule has 0 atom stereocenters. The van der Waals surface area contributed by atoms with Crippen LogP contribution in [0.4, 0.5) is 11.8 Å². The Morgan fingerprint density at radius 3 is 3.05 bits per heavy atom. The van der Waals surface area contributed by atoms with E-state index in [1.807, 2.05) is 23.4 Å². The van der Waals surface area contributed by atoms with Crippen LogP contribution in [0.5, 0.6) is 0 Å². The fraction of sp³-hybridized carbons (Fsp3) is 0.417. The van der Waals surface area contributed by atoms with E-state index in [-0.39, 0.29) is 5.91 Å². The number of hydrazine groups is 1. The molecule has 1 fully saturated rings. The van der Waals surface area contributed by atoms with E-state index in [0.717, 1.165) is 35.5 Å². The minimum atomic E-state index is 0.103. The Bertz CT molecular complexity index is 642. The summed E-state index contributed by atoms with van der Waals surface area (Å²) in [6.45, 7) is 1.90. The first-order valence-corrected chi connectivity index (χ1v) is 7.28. The lowest BCUT2D eigenvalue weighted by Crippen LogP contribution is -2.35. The van der Waals surface area contributed by atoms with E-state index < -0.39 is 0 Å². The molecule has 0 aliphatic carbocycles. The minimum Gasteiger partial charge on any atom is -0.347 e. The first-order valence-electron chi connectivity index (χ1n) is 6.40. The lowest BCUT2D eigenvalue weighted by molar-refractivity contribution is -0.127. The van der Waals surface area contributed by atoms with Crippen molar-refractivity contribution in [3.8, 4) is 0 Å². The molecule has 1 saturated heterocycles. The average molecular weight is 292 g/mol. The molecule has 3 N–H and O–H groups in total. The van der Waals surface area contributed by atoms with Gasteiger partial charge in [0.15, 0.2) is 0 Å². The molecule has 106 valence electrons. The molecular formula is C12H16N6OS. The lowest BCUT2D eigenvalue weighted by atomic mass is 10.3. The summed E-state index contributed by atoms with van der Waals surface area (Å²) in [5.74, 6) is 6.67. The van der Waals surface area contributed by atoms with Crippen LogP contribution in [0.1, 0.15) is 6.42 Å². The number of nitrogens with zero attached hydrogens (tertiary/aromatic N) is 4. The van der Waals surface area contributed by atoms with Gasteiger partial charge in [0.2, 0.25) is 11.9 Å². The molecule has 3 rings (SSSR count). The predicted octanol–water partition coefficient (Wildman–Crippen LogP) is 0.645. The predicted molar refractivity (Wildman–Crippen MR) is 79.7 cm³/mol. The van der Waals surface area contributed by atoms with Crippen molar-refractivity contribution in [1.82, 2.24) is 14.9 Å². The van der Waals surface area contributed by atoms with Crippen molar-refractivity contribution < 1.29 is 4.79 Å². The lowest BCUT2D eigenvalue weighted by Gasteiger charge is -2.21. The van der Waals surface area contributed by atoms with E-state index in [1.165, 1.54) is 11.3 Å². The molecule has 2 aromatic heterocycles. The van der Waals surface area contributed by atoms with Crippen LogP contribution in [-0.4, -0.2) is 47.5 Å². The highest BCUT2D eigenvalue weighted by Crippen LogP contribution is 2.29. The fourth-order valence-electron chi connectivity index (χ4n) is 2.31. The van der Waals surface area contributed by atoms with E-state index >= 15 is 0 Å². The molecule has 0 unspecified atom stereocenters. The molecule has 1 aliphatic rings. The van der Waals surface area contributed by atoms with E-state index in [4.69, 9.17) is 5.84 Å². The SMILES string of the molecule is CN1CCCN(c2nc(NN)nc3sccc23)CC1=O. The molecule has 0 saturated carbocycles. The zero-order valence-electron chi connectivity index (χ0n) is 11.2. The largest absolute Gasteiger partial charge is 0.347 e. The summed E-state index contributed by atoms with van der Waals surface area (Å²) in [7, 11) is 1.83. The topological polar surface area (TPSA) is 87.4 Å². The number of carbonyl (C=O) groups is 1. The maximum absolute atomic E-state index is 12.0. The Morgan fingerprint density at radius 2 is 2.25 bits per heavy atom. The van der Waals surface area contributed by atoms with Crippen LogP contribution in [0.2, 0.25) is 0 Å². The Morgan fingerprint density at radius 1 is 1.40 bits per heavy atom. The summed E-state index contributed by atoms with van der Waals surface area (Å²) in [5, 5.41) is 2.93. The number of aromatic nitrogens is 2. The Labute approximate surface area is 120 Å². The molecule has 0 radical (unpaired) electrons. The van der Waals surface area contributed by atoms with E-state index in [1.54, 1.807) is 4.90 Å². The van der Waals surface area contributed by atoms with Gasteiger partial charge in [-0.05, 0) is 17.9 Å². The first kappa shape index (κ1) is 13.1. The molecule has 0 bridgehead atoms. The van der Waals surface area contributed by atoms with Crippen molar-refractivity contribution >= 4 is 39.2 Å². The van der Waals surface area contributed by atoms with Crippen molar-refractivity contribution in [3.05, 3.63) is 11.4 Å². The Kier molecular flexibility index (Phi) is 3.41. The number of thiophene rings is 1. The van der Waals surface area contributed by atoms with E-state index in [9.17, 15) is 4.79 Å². The van der Waals surface area contributed by atoms with Gasteiger partial charge in [-0.2, -0.15) is 4.98 Å².